The molecule has 0 atom stereocenters. The Kier molecular flexibility index (Phi) is 2.20. The zero-order chi connectivity index (χ0) is 9.97. The Morgan fingerprint density at radius 2 is 2.14 bits per heavy atom. The second-order valence-corrected chi connectivity index (χ2v) is 2.83. The molecular formula is C10H10N2O2. The van der Waals surface area contributed by atoms with E-state index < -0.39 is 0 Å². The summed E-state index contributed by atoms with van der Waals surface area (Å²) >= 11 is 0. The summed E-state index contributed by atoms with van der Waals surface area (Å²) in [6.07, 6.45) is 1.57. The molecule has 0 spiro atoms. The van der Waals surface area contributed by atoms with Gasteiger partial charge in [0.05, 0.1) is 18.8 Å². The highest BCUT2D eigenvalue weighted by atomic mass is 16.5. The fraction of sp³-hybridized carbons (Fsp3) is 0.100. The number of para-hydroxylation sites is 1. The Bertz CT molecular complexity index is 457. The number of benzene rings is 1. The van der Waals surface area contributed by atoms with Gasteiger partial charge in [-0.25, -0.2) is 0 Å². The summed E-state index contributed by atoms with van der Waals surface area (Å²) in [5, 5.41) is 9.82. The molecule has 72 valence electrons. The van der Waals surface area contributed by atoms with E-state index in [0.29, 0.717) is 11.4 Å². The third-order valence-corrected chi connectivity index (χ3v) is 2.07. The number of anilines is 1. The summed E-state index contributed by atoms with van der Waals surface area (Å²) in [5.74, 6) is 0.520. The zero-order valence-electron chi connectivity index (χ0n) is 7.69. The third kappa shape index (κ3) is 1.25. The van der Waals surface area contributed by atoms with Gasteiger partial charge in [0.25, 0.3) is 0 Å². The van der Waals surface area contributed by atoms with E-state index in [2.05, 4.69) is 10.5 Å². The monoisotopic (exact) mass is 190 g/mol. The number of methoxy groups -OCH3 is 1. The number of rotatable bonds is 2. The van der Waals surface area contributed by atoms with Gasteiger partial charge in [-0.3, -0.25) is 15.7 Å². The Morgan fingerprint density at radius 1 is 1.36 bits per heavy atom. The molecule has 2 aromatic rings. The van der Waals surface area contributed by atoms with Crippen LogP contribution in [-0.2, 0) is 0 Å². The average Bonchev–Trinajstić information content (AvgIpc) is 2.27. The van der Waals surface area contributed by atoms with Crippen molar-refractivity contribution in [3.8, 4) is 5.75 Å². The molecule has 0 saturated heterocycles. The minimum absolute atomic E-state index is 0.520. The van der Waals surface area contributed by atoms with Gasteiger partial charge in [-0.2, -0.15) is 0 Å². The van der Waals surface area contributed by atoms with Gasteiger partial charge in [-0.05, 0) is 6.07 Å². The lowest BCUT2D eigenvalue weighted by Crippen LogP contribution is -1.96. The molecule has 1 aromatic heterocycles. The SMILES string of the molecule is COc1cnc2ccccc2c1NO. The minimum Gasteiger partial charge on any atom is -0.493 e. The smallest absolute Gasteiger partial charge is 0.163 e. The molecule has 14 heavy (non-hydrogen) atoms. The lowest BCUT2D eigenvalue weighted by atomic mass is 10.2. The second-order valence-electron chi connectivity index (χ2n) is 2.83. The number of pyridine rings is 1. The van der Waals surface area contributed by atoms with Gasteiger partial charge in [0, 0.05) is 5.39 Å². The first-order valence-electron chi connectivity index (χ1n) is 4.18. The van der Waals surface area contributed by atoms with Crippen LogP contribution in [-0.4, -0.2) is 17.3 Å². The number of hydrogen-bond donors (Lipinski definition) is 2. The molecule has 2 rings (SSSR count). The topological polar surface area (TPSA) is 54.4 Å². The van der Waals surface area contributed by atoms with Crippen molar-refractivity contribution in [2.45, 2.75) is 0 Å². The van der Waals surface area contributed by atoms with Gasteiger partial charge in [-0.1, -0.05) is 18.2 Å². The number of hydrogen-bond acceptors (Lipinski definition) is 4. The molecule has 0 aliphatic rings. The second kappa shape index (κ2) is 3.51. The van der Waals surface area contributed by atoms with E-state index in [1.54, 1.807) is 6.20 Å². The maximum absolute atomic E-state index is 8.99. The zero-order valence-corrected chi connectivity index (χ0v) is 7.69. The highest BCUT2D eigenvalue weighted by molar-refractivity contribution is 5.93. The molecule has 0 saturated carbocycles. The fourth-order valence-electron chi connectivity index (χ4n) is 1.39. The predicted molar refractivity (Wildman–Crippen MR) is 53.7 cm³/mol. The van der Waals surface area contributed by atoms with Crippen LogP contribution in [0.5, 0.6) is 5.75 Å². The van der Waals surface area contributed by atoms with Gasteiger partial charge in [-0.15, -0.1) is 0 Å². The molecule has 2 N–H and O–H groups in total. The van der Waals surface area contributed by atoms with Gasteiger partial charge < -0.3 is 4.74 Å². The fourth-order valence-corrected chi connectivity index (χ4v) is 1.39. The molecule has 0 amide bonds. The van der Waals surface area contributed by atoms with Crippen molar-refractivity contribution in [1.82, 2.24) is 4.98 Å². The predicted octanol–water partition coefficient (Wildman–Crippen LogP) is 2.04. The van der Waals surface area contributed by atoms with Crippen LogP contribution < -0.4 is 10.2 Å². The van der Waals surface area contributed by atoms with E-state index in [4.69, 9.17) is 9.94 Å². The van der Waals surface area contributed by atoms with Crippen LogP contribution in [0.4, 0.5) is 5.69 Å². The maximum atomic E-state index is 8.99. The van der Waals surface area contributed by atoms with Gasteiger partial charge >= 0.3 is 0 Å². The molecular weight excluding hydrogens is 180 g/mol. The van der Waals surface area contributed by atoms with E-state index >= 15 is 0 Å². The van der Waals surface area contributed by atoms with Crippen molar-refractivity contribution in [3.05, 3.63) is 30.5 Å². The maximum Gasteiger partial charge on any atom is 0.163 e. The van der Waals surface area contributed by atoms with E-state index in [1.165, 1.54) is 7.11 Å². The molecule has 1 heterocycles. The molecule has 4 heteroatoms. The van der Waals surface area contributed by atoms with Crippen LogP contribution >= 0.6 is 0 Å². The van der Waals surface area contributed by atoms with Crippen molar-refractivity contribution in [2.75, 3.05) is 12.6 Å². The van der Waals surface area contributed by atoms with E-state index in [0.717, 1.165) is 10.9 Å². The van der Waals surface area contributed by atoms with Crippen LogP contribution in [0.25, 0.3) is 10.9 Å². The van der Waals surface area contributed by atoms with Gasteiger partial charge in [0.15, 0.2) is 5.75 Å². The van der Waals surface area contributed by atoms with Gasteiger partial charge in [0.2, 0.25) is 0 Å². The minimum atomic E-state index is 0.520. The number of fused-ring (bicyclic) bond motifs is 1. The van der Waals surface area contributed by atoms with Crippen LogP contribution in [0.15, 0.2) is 30.5 Å². The van der Waals surface area contributed by atoms with Crippen molar-refractivity contribution in [1.29, 1.82) is 0 Å². The van der Waals surface area contributed by atoms with Crippen molar-refractivity contribution in [2.24, 2.45) is 0 Å². The van der Waals surface area contributed by atoms with Crippen molar-refractivity contribution >= 4 is 16.6 Å². The number of nitrogens with one attached hydrogen (secondary N) is 1. The Labute approximate surface area is 81.1 Å². The highest BCUT2D eigenvalue weighted by Crippen LogP contribution is 2.30. The average molecular weight is 190 g/mol. The molecule has 0 aliphatic carbocycles. The summed E-state index contributed by atoms with van der Waals surface area (Å²) < 4.78 is 5.06. The summed E-state index contributed by atoms with van der Waals surface area (Å²) in [6.45, 7) is 0. The number of ether oxygens (including phenoxy) is 1. The Morgan fingerprint density at radius 3 is 2.86 bits per heavy atom. The summed E-state index contributed by atoms with van der Waals surface area (Å²) in [4.78, 5) is 4.18. The molecule has 1 aromatic carbocycles. The molecule has 0 bridgehead atoms. The standard InChI is InChI=1S/C10H10N2O2/c1-14-9-6-11-8-5-3-2-4-7(8)10(9)12-13/h2-6,13H,1H3,(H,11,12). The van der Waals surface area contributed by atoms with E-state index in [9.17, 15) is 0 Å². The molecule has 0 unspecified atom stereocenters. The van der Waals surface area contributed by atoms with Crippen LogP contribution in [0.1, 0.15) is 0 Å². The third-order valence-electron chi connectivity index (χ3n) is 2.07. The summed E-state index contributed by atoms with van der Waals surface area (Å²) in [5.41, 5.74) is 3.47. The lowest BCUT2D eigenvalue weighted by Gasteiger charge is -2.08. The Balaban J connectivity index is 2.77. The van der Waals surface area contributed by atoms with Crippen molar-refractivity contribution in [3.63, 3.8) is 0 Å². The number of nitrogens with zero attached hydrogens (tertiary/aromatic N) is 1. The van der Waals surface area contributed by atoms with E-state index in [-0.39, 0.29) is 0 Å². The molecule has 0 aliphatic heterocycles. The largest absolute Gasteiger partial charge is 0.493 e. The Hall–Kier alpha value is -1.81. The van der Waals surface area contributed by atoms with Crippen LogP contribution in [0, 0.1) is 0 Å². The van der Waals surface area contributed by atoms with Crippen LogP contribution in [0.2, 0.25) is 0 Å². The first-order valence-corrected chi connectivity index (χ1v) is 4.18. The van der Waals surface area contributed by atoms with Crippen LogP contribution in [0.3, 0.4) is 0 Å². The molecule has 4 nitrogen and oxygen atoms in total. The summed E-state index contributed by atoms with van der Waals surface area (Å²) in [7, 11) is 1.53. The molecule has 0 radical (unpaired) electrons. The van der Waals surface area contributed by atoms with E-state index in [1.807, 2.05) is 24.3 Å². The van der Waals surface area contributed by atoms with Gasteiger partial charge in [0.1, 0.15) is 5.69 Å². The highest BCUT2D eigenvalue weighted by Gasteiger charge is 2.07. The summed E-state index contributed by atoms with van der Waals surface area (Å²) in [6, 6.07) is 7.51. The quantitative estimate of drug-likeness (QED) is 0.711. The first kappa shape index (κ1) is 8.77. The normalized spacial score (nSPS) is 10.1. The lowest BCUT2D eigenvalue weighted by molar-refractivity contribution is 0.374. The molecule has 0 fully saturated rings. The first-order chi connectivity index (χ1) is 6.86. The number of aromatic nitrogens is 1. The van der Waals surface area contributed by atoms with Crippen molar-refractivity contribution < 1.29 is 9.94 Å².